The average molecular weight is 1320 g/mol. The van der Waals surface area contributed by atoms with Crippen molar-refractivity contribution in [3.8, 4) is 0 Å². The number of hydrogen-bond acceptors (Lipinski definition) is 12. The Labute approximate surface area is 561 Å². The fraction of sp³-hybridized carbons (Fsp3) is 0.0250. The minimum atomic E-state index is 0.144. The van der Waals surface area contributed by atoms with Gasteiger partial charge < -0.3 is 19.6 Å². The molecule has 2 atom stereocenters. The van der Waals surface area contributed by atoms with Crippen LogP contribution in [0.15, 0.2) is 279 Å². The number of allylic oxidation sites excluding steroid dienone is 3. The first-order valence-corrected chi connectivity index (χ1v) is 37.7. The number of rotatable bonds is 12. The Hall–Kier alpha value is -9.05. The number of anilines is 11. The van der Waals surface area contributed by atoms with Crippen LogP contribution in [0.3, 0.4) is 0 Å². The molecule has 7 aromatic heterocycles. The van der Waals surface area contributed by atoms with Crippen molar-refractivity contribution in [1.82, 2.24) is 0 Å². The summed E-state index contributed by atoms with van der Waals surface area (Å²) in [6, 6.07) is 77.9. The zero-order valence-electron chi connectivity index (χ0n) is 48.8. The molecule has 1 aliphatic heterocycles. The molecule has 0 spiro atoms. The summed E-state index contributed by atoms with van der Waals surface area (Å²) in [6.07, 6.45) is 9.31. The van der Waals surface area contributed by atoms with Gasteiger partial charge in [0.1, 0.15) is 0 Å². The van der Waals surface area contributed by atoms with E-state index in [9.17, 15) is 0 Å². The summed E-state index contributed by atoms with van der Waals surface area (Å²) < 4.78 is 8.79. The van der Waals surface area contributed by atoms with Crippen LogP contribution in [0.5, 0.6) is 0 Å². The molecule has 1 aliphatic carbocycles. The number of benzene rings is 11. The first-order chi connectivity index (χ1) is 45.7. The molecule has 12 heteroatoms. The Bertz CT molecular complexity index is 5710. The van der Waals surface area contributed by atoms with Crippen LogP contribution in [-0.2, 0) is 0 Å². The molecule has 8 heterocycles. The smallest absolute Gasteiger partial charge is 0.0648 e. The first kappa shape index (κ1) is 53.6. The topological polar surface area (TPSA) is 13.0 Å². The lowest BCUT2D eigenvalue weighted by atomic mass is 9.88. The third-order valence-corrected chi connectivity index (χ3v) is 26.5. The maximum absolute atomic E-state index is 2.68. The fourth-order valence-corrected chi connectivity index (χ4v) is 22.2. The van der Waals surface area contributed by atoms with Gasteiger partial charge in [-0.15, -0.1) is 91.1 Å². The van der Waals surface area contributed by atoms with Crippen LogP contribution in [0.1, 0.15) is 0 Å². The predicted molar refractivity (Wildman–Crippen MR) is 412 cm³/mol. The molecule has 18 aromatic rings. The van der Waals surface area contributed by atoms with Gasteiger partial charge in [0.25, 0.3) is 0 Å². The molecule has 0 saturated carbocycles. The van der Waals surface area contributed by atoms with E-state index in [2.05, 4.69) is 293 Å². The molecule has 0 amide bonds. The Morgan fingerprint density at radius 2 is 0.489 bits per heavy atom. The standard InChI is InChI=1S/C80H48N4S8/c1-9-25-71-47(17-1)63(39-85-71)81(64-40-86-72-26-10-2-18-48(64)72)59-37-60(82(65-41-87-73-27-11-3-19-49(65)73)66-42-88-74-28-12-4-20-50(66)74)56-35-36-58-62(84(69-45-91-77-31-15-7-23-53(69)77)70-46-92-78-32-16-8-24-54(70)78)38-61(57-34-33-55(59)79(56)80(57)58)83(67-43-89-75-29-13-5-21-51(67)75)68-44-90-76-30-14-6-22-52(68)76/h1-47,71H. The number of nitrogens with zero attached hydrogens (tertiary/aromatic N) is 4. The molecular weight excluding hydrogens is 1270 g/mol. The molecular formula is C80H48N4S8. The predicted octanol–water partition coefficient (Wildman–Crippen LogP) is 27.3. The number of thiophene rings is 7. The van der Waals surface area contributed by atoms with Gasteiger partial charge in [-0.3, -0.25) is 0 Å². The molecule has 92 heavy (non-hydrogen) atoms. The van der Waals surface area contributed by atoms with Crippen molar-refractivity contribution < 1.29 is 0 Å². The monoisotopic (exact) mass is 1320 g/mol. The van der Waals surface area contributed by atoms with Crippen molar-refractivity contribution in [2.24, 2.45) is 5.92 Å². The zero-order chi connectivity index (χ0) is 60.1. The lowest BCUT2D eigenvalue weighted by Gasteiger charge is -2.35. The highest BCUT2D eigenvalue weighted by atomic mass is 32.2. The highest BCUT2D eigenvalue weighted by Crippen LogP contribution is 2.60. The maximum Gasteiger partial charge on any atom is 0.0648 e. The van der Waals surface area contributed by atoms with E-state index < -0.39 is 0 Å². The van der Waals surface area contributed by atoms with Crippen LogP contribution < -0.4 is 19.6 Å². The van der Waals surface area contributed by atoms with Crippen molar-refractivity contribution in [3.63, 3.8) is 0 Å². The number of hydrogen-bond donors (Lipinski definition) is 0. The molecule has 0 bridgehead atoms. The van der Waals surface area contributed by atoms with Gasteiger partial charge in [-0.2, -0.15) is 0 Å². The van der Waals surface area contributed by atoms with E-state index in [1.807, 2.05) is 91.1 Å². The van der Waals surface area contributed by atoms with E-state index in [1.54, 1.807) is 0 Å². The van der Waals surface area contributed by atoms with E-state index in [4.69, 9.17) is 0 Å². The second-order valence-corrected chi connectivity index (χ2v) is 30.9. The van der Waals surface area contributed by atoms with Gasteiger partial charge in [-0.25, -0.2) is 0 Å². The molecule has 0 N–H and O–H groups in total. The van der Waals surface area contributed by atoms with Crippen molar-refractivity contribution in [3.05, 3.63) is 279 Å². The molecule has 0 saturated heterocycles. The van der Waals surface area contributed by atoms with Crippen LogP contribution in [0.2, 0.25) is 0 Å². The maximum atomic E-state index is 2.68. The minimum Gasteiger partial charge on any atom is -0.311 e. The molecule has 2 aliphatic rings. The van der Waals surface area contributed by atoms with E-state index in [-0.39, 0.29) is 11.2 Å². The van der Waals surface area contributed by atoms with Gasteiger partial charge >= 0.3 is 0 Å². The SMILES string of the molecule is C1=CC2SC=C(N(c3csc4ccccc34)c3cc(N(c4csc5ccccc45)c4csc5ccccc45)c4ccc5c(N(c6csc7ccccc67)c6csc7ccccc67)cc(N(c6csc7ccccc67)c6csc7ccccc67)c6ccc3c4c65)C2C=C1. The van der Waals surface area contributed by atoms with Gasteiger partial charge in [0, 0.05) is 157 Å². The van der Waals surface area contributed by atoms with Gasteiger partial charge in [0.15, 0.2) is 0 Å². The van der Waals surface area contributed by atoms with Gasteiger partial charge in [0.05, 0.1) is 62.6 Å². The van der Waals surface area contributed by atoms with Crippen LogP contribution in [0, 0.1) is 5.92 Å². The van der Waals surface area contributed by atoms with Crippen molar-refractivity contribution in [2.75, 3.05) is 19.6 Å². The van der Waals surface area contributed by atoms with Gasteiger partial charge in [-0.05, 0) is 60.0 Å². The highest BCUT2D eigenvalue weighted by Gasteiger charge is 2.37. The van der Waals surface area contributed by atoms with E-state index >= 15 is 0 Å². The molecule has 436 valence electrons. The lowest BCUT2D eigenvalue weighted by Crippen LogP contribution is -2.25. The van der Waals surface area contributed by atoms with Gasteiger partial charge in [0.2, 0.25) is 0 Å². The van der Waals surface area contributed by atoms with E-state index in [0.717, 1.165) is 45.5 Å². The summed E-state index contributed by atoms with van der Waals surface area (Å²) in [7, 11) is 0. The lowest BCUT2D eigenvalue weighted by molar-refractivity contribution is 0.779. The number of fused-ring (bicyclic) bond motifs is 8. The molecule has 0 radical (unpaired) electrons. The molecule has 4 nitrogen and oxygen atoms in total. The van der Waals surface area contributed by atoms with E-state index in [0.29, 0.717) is 0 Å². The Balaban J connectivity index is 0.993. The second-order valence-electron chi connectivity index (χ2n) is 23.5. The summed E-state index contributed by atoms with van der Waals surface area (Å²) in [5.41, 5.74) is 14.0. The summed E-state index contributed by atoms with van der Waals surface area (Å²) in [6.45, 7) is 0. The summed E-state index contributed by atoms with van der Waals surface area (Å²) in [5.74, 6) is 0.144. The quantitative estimate of drug-likeness (QED) is 0.113. The zero-order valence-corrected chi connectivity index (χ0v) is 55.3. The highest BCUT2D eigenvalue weighted by molar-refractivity contribution is 8.03. The molecule has 11 aromatic carbocycles. The normalized spacial score (nSPS) is 14.9. The Kier molecular flexibility index (Phi) is 12.4. The van der Waals surface area contributed by atoms with Crippen molar-refractivity contribution in [2.45, 2.75) is 5.25 Å². The van der Waals surface area contributed by atoms with Gasteiger partial charge in [-0.1, -0.05) is 176 Å². The van der Waals surface area contributed by atoms with Crippen molar-refractivity contribution >= 4 is 257 Å². The van der Waals surface area contributed by atoms with Crippen LogP contribution in [-0.4, -0.2) is 5.25 Å². The summed E-state index contributed by atoms with van der Waals surface area (Å²) in [5, 5.41) is 35.3. The minimum absolute atomic E-state index is 0.144. The Morgan fingerprint density at radius 1 is 0.239 bits per heavy atom. The molecule has 2 unspecified atom stereocenters. The van der Waals surface area contributed by atoms with Crippen LogP contribution >= 0.6 is 91.1 Å². The first-order valence-electron chi connectivity index (χ1n) is 30.6. The summed E-state index contributed by atoms with van der Waals surface area (Å²) >= 11 is 14.7. The van der Waals surface area contributed by atoms with E-state index in [1.165, 1.54) is 126 Å². The fourth-order valence-electron chi connectivity index (χ4n) is 14.6. The number of thioether (sulfide) groups is 1. The van der Waals surface area contributed by atoms with Crippen LogP contribution in [0.25, 0.3) is 103 Å². The third-order valence-electron chi connectivity index (χ3n) is 18.7. The third kappa shape index (κ3) is 8.09. The molecule has 20 rings (SSSR count). The second kappa shape index (κ2) is 21.3. The van der Waals surface area contributed by atoms with Crippen LogP contribution in [0.4, 0.5) is 62.6 Å². The average Bonchev–Trinajstić information content (AvgIpc) is 0.905. The molecule has 0 fully saturated rings. The largest absolute Gasteiger partial charge is 0.311 e. The Morgan fingerprint density at radius 3 is 0.783 bits per heavy atom. The summed E-state index contributed by atoms with van der Waals surface area (Å²) in [4.78, 5) is 10.6. The van der Waals surface area contributed by atoms with Crippen molar-refractivity contribution in [1.29, 1.82) is 0 Å².